The van der Waals surface area contributed by atoms with E-state index in [-0.39, 0.29) is 11.9 Å². The second kappa shape index (κ2) is 6.03. The number of amides is 1. The number of hydrogen-bond donors (Lipinski definition) is 2. The van der Waals surface area contributed by atoms with Crippen LogP contribution in [-0.2, 0) is 11.2 Å². The van der Waals surface area contributed by atoms with E-state index >= 15 is 0 Å². The van der Waals surface area contributed by atoms with E-state index in [2.05, 4.69) is 77.4 Å². The fraction of sp³-hybridized carbons (Fsp3) is 0.174. The number of carbonyl (C=O) groups is 1. The number of carbonyl (C=O) groups excluding carboxylic acids is 1. The lowest BCUT2D eigenvalue weighted by Crippen LogP contribution is -2.50. The van der Waals surface area contributed by atoms with E-state index in [4.69, 9.17) is 0 Å². The molecule has 0 saturated carbocycles. The molecule has 0 bridgehead atoms. The molecule has 3 heteroatoms. The Labute approximate surface area is 152 Å². The van der Waals surface area contributed by atoms with Crippen LogP contribution in [0.5, 0.6) is 0 Å². The highest BCUT2D eigenvalue weighted by Gasteiger charge is 2.28. The second-order valence-corrected chi connectivity index (χ2v) is 7.02. The Morgan fingerprint density at radius 3 is 2.38 bits per heavy atom. The van der Waals surface area contributed by atoms with Gasteiger partial charge in [-0.15, -0.1) is 0 Å². The Morgan fingerprint density at radius 2 is 1.65 bits per heavy atom. The minimum absolute atomic E-state index is 0.0658. The van der Waals surface area contributed by atoms with Crippen LogP contribution in [0.1, 0.15) is 18.4 Å². The molecule has 3 nitrogen and oxygen atoms in total. The largest absolute Gasteiger partial charge is 0.372 e. The summed E-state index contributed by atoms with van der Waals surface area (Å²) in [6.07, 6.45) is 6.80. The lowest BCUT2D eigenvalue weighted by molar-refractivity contribution is -0.122. The molecule has 1 unspecified atom stereocenters. The van der Waals surface area contributed by atoms with Gasteiger partial charge in [-0.25, -0.2) is 0 Å². The lowest BCUT2D eigenvalue weighted by atomic mass is 9.91. The van der Waals surface area contributed by atoms with Gasteiger partial charge in [-0.1, -0.05) is 54.6 Å². The molecule has 0 radical (unpaired) electrons. The van der Waals surface area contributed by atoms with Crippen LogP contribution >= 0.6 is 0 Å². The zero-order valence-electron chi connectivity index (χ0n) is 14.5. The molecule has 0 spiro atoms. The number of fused-ring (bicyclic) bond motifs is 2. The molecular formula is C23H20N2O. The van der Waals surface area contributed by atoms with Gasteiger partial charge in [-0.2, -0.15) is 0 Å². The van der Waals surface area contributed by atoms with Crippen molar-refractivity contribution < 1.29 is 4.79 Å². The zero-order chi connectivity index (χ0) is 17.5. The van der Waals surface area contributed by atoms with Crippen molar-refractivity contribution in [2.45, 2.75) is 25.3 Å². The normalized spacial score (nSPS) is 19.4. The summed E-state index contributed by atoms with van der Waals surface area (Å²) in [6.45, 7) is 0. The molecule has 0 fully saturated rings. The Bertz CT molecular complexity index is 1040. The van der Waals surface area contributed by atoms with Gasteiger partial charge in [0.2, 0.25) is 5.91 Å². The number of hydrogen-bond acceptors (Lipinski definition) is 2. The molecule has 1 aliphatic heterocycles. The molecule has 1 amide bonds. The van der Waals surface area contributed by atoms with Crippen LogP contribution in [0.4, 0.5) is 0 Å². The van der Waals surface area contributed by atoms with E-state index in [0.29, 0.717) is 6.42 Å². The molecule has 2 aliphatic rings. The van der Waals surface area contributed by atoms with Crippen molar-refractivity contribution >= 4 is 27.5 Å². The van der Waals surface area contributed by atoms with Crippen molar-refractivity contribution in [3.63, 3.8) is 0 Å². The molecule has 3 aromatic carbocycles. The van der Waals surface area contributed by atoms with E-state index in [0.717, 1.165) is 24.2 Å². The molecule has 1 aliphatic carbocycles. The molecular weight excluding hydrogens is 320 g/mol. The maximum absolute atomic E-state index is 12.7. The van der Waals surface area contributed by atoms with Crippen LogP contribution in [0.3, 0.4) is 0 Å². The molecule has 0 aromatic heterocycles. The molecule has 1 atom stereocenters. The fourth-order valence-electron chi connectivity index (χ4n) is 4.09. The van der Waals surface area contributed by atoms with Crippen LogP contribution in [0.2, 0.25) is 0 Å². The molecule has 2 N–H and O–H groups in total. The van der Waals surface area contributed by atoms with Gasteiger partial charge in [0.25, 0.3) is 0 Å². The quantitative estimate of drug-likeness (QED) is 0.687. The van der Waals surface area contributed by atoms with E-state index in [9.17, 15) is 4.79 Å². The fourth-order valence-corrected chi connectivity index (χ4v) is 4.09. The van der Waals surface area contributed by atoms with Gasteiger partial charge in [0.15, 0.2) is 0 Å². The third kappa shape index (κ3) is 2.48. The Balaban J connectivity index is 1.61. The first kappa shape index (κ1) is 15.2. The summed E-state index contributed by atoms with van der Waals surface area (Å²) in [5.74, 6) is 0.0658. The smallest absolute Gasteiger partial charge is 0.247 e. The van der Waals surface area contributed by atoms with Crippen LogP contribution in [0.15, 0.2) is 78.1 Å². The van der Waals surface area contributed by atoms with Crippen molar-refractivity contribution in [3.05, 3.63) is 83.7 Å². The molecule has 0 saturated heterocycles. The monoisotopic (exact) mass is 340 g/mol. The van der Waals surface area contributed by atoms with Gasteiger partial charge >= 0.3 is 0 Å². The van der Waals surface area contributed by atoms with Crippen LogP contribution < -0.4 is 10.6 Å². The number of rotatable bonds is 2. The van der Waals surface area contributed by atoms with Crippen molar-refractivity contribution in [1.82, 2.24) is 10.6 Å². The average Bonchev–Trinajstić information content (AvgIpc) is 2.68. The predicted octanol–water partition coefficient (Wildman–Crippen LogP) is 4.19. The average molecular weight is 340 g/mol. The van der Waals surface area contributed by atoms with Gasteiger partial charge in [-0.3, -0.25) is 4.79 Å². The SMILES string of the molecule is O=C1NC2=C(C=CCC2)NC1Cc1c2ccccc2cc2ccccc12. The minimum Gasteiger partial charge on any atom is -0.372 e. The second-order valence-electron chi connectivity index (χ2n) is 7.02. The summed E-state index contributed by atoms with van der Waals surface area (Å²) in [6, 6.07) is 18.8. The van der Waals surface area contributed by atoms with Gasteiger partial charge in [0.1, 0.15) is 6.04 Å². The molecule has 5 rings (SSSR count). The van der Waals surface area contributed by atoms with Crippen LogP contribution in [0.25, 0.3) is 21.5 Å². The highest BCUT2D eigenvalue weighted by atomic mass is 16.2. The lowest BCUT2D eigenvalue weighted by Gasteiger charge is -2.30. The van der Waals surface area contributed by atoms with Crippen molar-refractivity contribution in [2.75, 3.05) is 0 Å². The van der Waals surface area contributed by atoms with E-state index in [1.165, 1.54) is 27.1 Å². The minimum atomic E-state index is -0.259. The number of benzene rings is 3. The van der Waals surface area contributed by atoms with Gasteiger partial charge in [0.05, 0.1) is 5.70 Å². The molecule has 26 heavy (non-hydrogen) atoms. The third-order valence-electron chi connectivity index (χ3n) is 5.38. The summed E-state index contributed by atoms with van der Waals surface area (Å²) in [5.41, 5.74) is 3.32. The summed E-state index contributed by atoms with van der Waals surface area (Å²) in [4.78, 5) is 12.7. The first-order valence-corrected chi connectivity index (χ1v) is 9.16. The van der Waals surface area contributed by atoms with Crippen LogP contribution in [-0.4, -0.2) is 11.9 Å². The first-order valence-electron chi connectivity index (χ1n) is 9.16. The zero-order valence-corrected chi connectivity index (χ0v) is 14.5. The van der Waals surface area contributed by atoms with Crippen LogP contribution in [0, 0.1) is 0 Å². The van der Waals surface area contributed by atoms with Crippen molar-refractivity contribution in [3.8, 4) is 0 Å². The van der Waals surface area contributed by atoms with Crippen molar-refractivity contribution in [1.29, 1.82) is 0 Å². The maximum Gasteiger partial charge on any atom is 0.247 e. The highest BCUT2D eigenvalue weighted by Crippen LogP contribution is 2.30. The number of nitrogens with one attached hydrogen (secondary N) is 2. The topological polar surface area (TPSA) is 41.1 Å². The van der Waals surface area contributed by atoms with Gasteiger partial charge in [0, 0.05) is 12.1 Å². The summed E-state index contributed by atoms with van der Waals surface area (Å²) >= 11 is 0. The standard InChI is InChI=1S/C23H20N2O/c26-23-22(24-20-11-5-6-12-21(20)25-23)14-19-17-9-3-1-7-15(17)13-16-8-2-4-10-18(16)19/h1-5,7-11,13,22,24H,6,12,14H2,(H,25,26). The molecule has 1 heterocycles. The Hall–Kier alpha value is -3.07. The summed E-state index contributed by atoms with van der Waals surface area (Å²) in [5, 5.41) is 11.5. The van der Waals surface area contributed by atoms with E-state index in [1.807, 2.05) is 0 Å². The van der Waals surface area contributed by atoms with Crippen molar-refractivity contribution in [2.24, 2.45) is 0 Å². The van der Waals surface area contributed by atoms with E-state index < -0.39 is 0 Å². The number of allylic oxidation sites excluding steroid dienone is 3. The predicted molar refractivity (Wildman–Crippen MR) is 106 cm³/mol. The molecule has 3 aromatic rings. The Morgan fingerprint density at radius 1 is 0.962 bits per heavy atom. The first-order chi connectivity index (χ1) is 12.8. The summed E-state index contributed by atoms with van der Waals surface area (Å²) in [7, 11) is 0. The molecule has 128 valence electrons. The third-order valence-corrected chi connectivity index (χ3v) is 5.38. The van der Waals surface area contributed by atoms with E-state index in [1.54, 1.807) is 0 Å². The van der Waals surface area contributed by atoms with Gasteiger partial charge in [-0.05, 0) is 52.1 Å². The Kier molecular flexibility index (Phi) is 3.52. The summed E-state index contributed by atoms with van der Waals surface area (Å²) < 4.78 is 0. The maximum atomic E-state index is 12.7. The highest BCUT2D eigenvalue weighted by molar-refractivity contribution is 6.02. The van der Waals surface area contributed by atoms with Gasteiger partial charge < -0.3 is 10.6 Å².